The van der Waals surface area contributed by atoms with Crippen molar-refractivity contribution >= 4 is 5.91 Å². The fraction of sp³-hybridized carbons (Fsp3) is 0.316. The van der Waals surface area contributed by atoms with Crippen LogP contribution in [-0.4, -0.2) is 27.2 Å². The molecule has 5 heteroatoms. The molecule has 0 aliphatic carbocycles. The first kappa shape index (κ1) is 17.7. The molecule has 0 heterocycles. The van der Waals surface area contributed by atoms with Crippen molar-refractivity contribution in [2.75, 3.05) is 21.3 Å². The lowest BCUT2D eigenvalue weighted by Gasteiger charge is -2.13. The maximum absolute atomic E-state index is 12.2. The van der Waals surface area contributed by atoms with E-state index in [-0.39, 0.29) is 5.91 Å². The van der Waals surface area contributed by atoms with Crippen molar-refractivity contribution in [1.82, 2.24) is 5.32 Å². The summed E-state index contributed by atoms with van der Waals surface area (Å²) in [5, 5.41) is 2.93. The van der Waals surface area contributed by atoms with Crippen LogP contribution < -0.4 is 19.5 Å². The monoisotopic (exact) mass is 329 g/mol. The molecule has 1 amide bonds. The summed E-state index contributed by atoms with van der Waals surface area (Å²) in [5.74, 6) is 2.05. The van der Waals surface area contributed by atoms with Gasteiger partial charge in [-0.2, -0.15) is 0 Å². The van der Waals surface area contributed by atoms with Crippen LogP contribution >= 0.6 is 0 Å². The first-order chi connectivity index (χ1) is 11.6. The zero-order valence-electron chi connectivity index (χ0n) is 14.5. The molecule has 0 aromatic heterocycles. The number of benzene rings is 2. The molecule has 5 nitrogen and oxygen atoms in total. The highest BCUT2D eigenvalue weighted by molar-refractivity contribution is 5.79. The highest BCUT2D eigenvalue weighted by Gasteiger charge is 2.11. The number of ether oxygens (including phenoxy) is 3. The van der Waals surface area contributed by atoms with E-state index in [1.807, 2.05) is 43.3 Å². The summed E-state index contributed by atoms with van der Waals surface area (Å²) in [4.78, 5) is 12.2. The molecule has 0 aliphatic heterocycles. The van der Waals surface area contributed by atoms with Crippen molar-refractivity contribution in [3.05, 3.63) is 53.1 Å². The van der Waals surface area contributed by atoms with E-state index >= 15 is 0 Å². The number of carbonyl (C=O) groups is 1. The van der Waals surface area contributed by atoms with Gasteiger partial charge in [-0.15, -0.1) is 0 Å². The lowest BCUT2D eigenvalue weighted by Crippen LogP contribution is -2.24. The van der Waals surface area contributed by atoms with Crippen LogP contribution in [0.3, 0.4) is 0 Å². The Hall–Kier alpha value is -2.69. The fourth-order valence-corrected chi connectivity index (χ4v) is 2.39. The van der Waals surface area contributed by atoms with Gasteiger partial charge in [-0.05, 0) is 47.9 Å². The van der Waals surface area contributed by atoms with Gasteiger partial charge in [-0.25, -0.2) is 0 Å². The van der Waals surface area contributed by atoms with Gasteiger partial charge in [0.25, 0.3) is 0 Å². The number of methoxy groups -OCH3 is 3. The van der Waals surface area contributed by atoms with Crippen molar-refractivity contribution in [1.29, 1.82) is 0 Å². The van der Waals surface area contributed by atoms with Crippen LogP contribution in [0.25, 0.3) is 0 Å². The number of aryl methyl sites for hydroxylation is 1. The van der Waals surface area contributed by atoms with Crippen LogP contribution in [0.2, 0.25) is 0 Å². The number of carbonyl (C=O) groups excluding carboxylic acids is 1. The Morgan fingerprint density at radius 3 is 2.17 bits per heavy atom. The highest BCUT2D eigenvalue weighted by Crippen LogP contribution is 2.30. The molecule has 0 bridgehead atoms. The molecule has 24 heavy (non-hydrogen) atoms. The molecule has 1 N–H and O–H groups in total. The standard InChI is InChI=1S/C19H23NO4/c1-13-9-17(23-3)18(24-4)10-15(13)11-19(21)20-12-14-5-7-16(22-2)8-6-14/h5-10H,11-12H2,1-4H3,(H,20,21). The largest absolute Gasteiger partial charge is 0.497 e. The molecule has 128 valence electrons. The molecule has 0 atom stereocenters. The second kappa shape index (κ2) is 8.24. The number of amides is 1. The van der Waals surface area contributed by atoms with Gasteiger partial charge >= 0.3 is 0 Å². The van der Waals surface area contributed by atoms with Gasteiger partial charge in [0.1, 0.15) is 5.75 Å². The van der Waals surface area contributed by atoms with E-state index in [0.717, 1.165) is 22.4 Å². The van der Waals surface area contributed by atoms with Gasteiger partial charge in [0.05, 0.1) is 27.8 Å². The first-order valence-corrected chi connectivity index (χ1v) is 7.68. The number of hydrogen-bond donors (Lipinski definition) is 1. The summed E-state index contributed by atoms with van der Waals surface area (Å²) in [7, 11) is 4.81. The smallest absolute Gasteiger partial charge is 0.224 e. The molecule has 2 aromatic carbocycles. The Labute approximate surface area is 142 Å². The molecule has 0 saturated carbocycles. The Kier molecular flexibility index (Phi) is 6.07. The number of hydrogen-bond acceptors (Lipinski definition) is 4. The van der Waals surface area contributed by atoms with Crippen LogP contribution in [0.1, 0.15) is 16.7 Å². The van der Waals surface area contributed by atoms with E-state index in [4.69, 9.17) is 14.2 Å². The van der Waals surface area contributed by atoms with Crippen LogP contribution in [0, 0.1) is 6.92 Å². The number of rotatable bonds is 7. The van der Waals surface area contributed by atoms with E-state index in [1.165, 1.54) is 0 Å². The van der Waals surface area contributed by atoms with Gasteiger partial charge in [0.15, 0.2) is 11.5 Å². The van der Waals surface area contributed by atoms with E-state index in [2.05, 4.69) is 5.32 Å². The van der Waals surface area contributed by atoms with Gasteiger partial charge in [-0.3, -0.25) is 4.79 Å². The van der Waals surface area contributed by atoms with Crippen molar-refractivity contribution in [3.63, 3.8) is 0 Å². The second-order valence-corrected chi connectivity index (χ2v) is 5.44. The first-order valence-electron chi connectivity index (χ1n) is 7.68. The Morgan fingerprint density at radius 2 is 1.58 bits per heavy atom. The summed E-state index contributed by atoms with van der Waals surface area (Å²) < 4.78 is 15.7. The van der Waals surface area contributed by atoms with Crippen molar-refractivity contribution in [2.24, 2.45) is 0 Å². The topological polar surface area (TPSA) is 56.8 Å². The maximum Gasteiger partial charge on any atom is 0.224 e. The molecular formula is C19H23NO4. The van der Waals surface area contributed by atoms with Crippen LogP contribution in [0.4, 0.5) is 0 Å². The lowest BCUT2D eigenvalue weighted by molar-refractivity contribution is -0.120. The minimum absolute atomic E-state index is 0.0406. The van der Waals surface area contributed by atoms with Crippen molar-refractivity contribution in [3.8, 4) is 17.2 Å². The summed E-state index contributed by atoms with van der Waals surface area (Å²) in [6.45, 7) is 2.43. The highest BCUT2D eigenvalue weighted by atomic mass is 16.5. The molecule has 0 radical (unpaired) electrons. The zero-order valence-corrected chi connectivity index (χ0v) is 14.5. The van der Waals surface area contributed by atoms with E-state index < -0.39 is 0 Å². The van der Waals surface area contributed by atoms with Gasteiger partial charge in [0, 0.05) is 6.54 Å². The Bertz CT molecular complexity index is 695. The Balaban J connectivity index is 1.98. The van der Waals surface area contributed by atoms with E-state index in [9.17, 15) is 4.79 Å². The Morgan fingerprint density at radius 1 is 0.958 bits per heavy atom. The third-order valence-electron chi connectivity index (χ3n) is 3.84. The normalized spacial score (nSPS) is 10.2. The van der Waals surface area contributed by atoms with Crippen LogP contribution in [-0.2, 0) is 17.8 Å². The molecule has 0 saturated heterocycles. The summed E-state index contributed by atoms with van der Waals surface area (Å²) in [5.41, 5.74) is 2.93. The average Bonchev–Trinajstić information content (AvgIpc) is 2.61. The van der Waals surface area contributed by atoms with Gasteiger partial charge in [0.2, 0.25) is 5.91 Å². The molecular weight excluding hydrogens is 306 g/mol. The fourth-order valence-electron chi connectivity index (χ4n) is 2.39. The molecule has 2 rings (SSSR count). The summed E-state index contributed by atoms with van der Waals surface area (Å²) in [6.07, 6.45) is 0.294. The van der Waals surface area contributed by atoms with Gasteiger partial charge < -0.3 is 19.5 Å². The third kappa shape index (κ3) is 4.41. The molecule has 0 spiro atoms. The predicted octanol–water partition coefficient (Wildman–Crippen LogP) is 2.88. The third-order valence-corrected chi connectivity index (χ3v) is 3.84. The summed E-state index contributed by atoms with van der Waals surface area (Å²) in [6, 6.07) is 11.3. The molecule has 0 fully saturated rings. The predicted molar refractivity (Wildman–Crippen MR) is 92.8 cm³/mol. The van der Waals surface area contributed by atoms with Crippen LogP contribution in [0.15, 0.2) is 36.4 Å². The summed E-state index contributed by atoms with van der Waals surface area (Å²) >= 11 is 0. The lowest BCUT2D eigenvalue weighted by atomic mass is 10.0. The average molecular weight is 329 g/mol. The maximum atomic E-state index is 12.2. The van der Waals surface area contributed by atoms with Crippen molar-refractivity contribution < 1.29 is 19.0 Å². The van der Waals surface area contributed by atoms with Crippen LogP contribution in [0.5, 0.6) is 17.2 Å². The van der Waals surface area contributed by atoms with E-state index in [0.29, 0.717) is 24.5 Å². The van der Waals surface area contributed by atoms with Crippen molar-refractivity contribution in [2.45, 2.75) is 19.9 Å². The minimum atomic E-state index is -0.0406. The zero-order chi connectivity index (χ0) is 17.5. The van der Waals surface area contributed by atoms with E-state index in [1.54, 1.807) is 21.3 Å². The molecule has 0 aliphatic rings. The quantitative estimate of drug-likeness (QED) is 0.848. The van der Waals surface area contributed by atoms with Gasteiger partial charge in [-0.1, -0.05) is 12.1 Å². The molecule has 0 unspecified atom stereocenters. The minimum Gasteiger partial charge on any atom is -0.497 e. The molecule has 2 aromatic rings. The second-order valence-electron chi connectivity index (χ2n) is 5.44. The number of nitrogens with one attached hydrogen (secondary N) is 1. The SMILES string of the molecule is COc1ccc(CNC(=O)Cc2cc(OC)c(OC)cc2C)cc1.